The van der Waals surface area contributed by atoms with Gasteiger partial charge in [-0.2, -0.15) is 10.7 Å². The van der Waals surface area contributed by atoms with Crippen LogP contribution in [0.1, 0.15) is 44.2 Å². The highest BCUT2D eigenvalue weighted by Gasteiger charge is 2.59. The molecule has 3 aromatic rings. The van der Waals surface area contributed by atoms with Gasteiger partial charge in [0.25, 0.3) is 5.91 Å². The molecule has 9 nitrogen and oxygen atoms in total. The topological polar surface area (TPSA) is 127 Å². The van der Waals surface area contributed by atoms with Crippen molar-refractivity contribution in [2.24, 2.45) is 5.41 Å². The lowest BCUT2D eigenvalue weighted by Gasteiger charge is -2.37. The maximum absolute atomic E-state index is 13.9. The minimum atomic E-state index is -1.13. The summed E-state index contributed by atoms with van der Waals surface area (Å²) in [6.45, 7) is 5.96. The monoisotopic (exact) mass is 571 g/mol. The zero-order valence-corrected chi connectivity index (χ0v) is 23.6. The lowest BCUT2D eigenvalue weighted by atomic mass is 9.63. The molecule has 2 aromatic carbocycles. The standard InChI is InChI=1S/C28H32Cl2N6O3/c1-27(2,3)14-23-28(17-31,19-7-9-20(29)10-8-19)24(18-5-4-6-21(30)13-18)25(32-23)26(39)33-36-12-11-35(34-36)15-22(38)16-37/h4-13,22-25,32,37-38H,14-16H2,1-3H3/p+1/t22-,23+,24+,25-,28+/m1/s1. The molecule has 0 bridgehead atoms. The lowest BCUT2D eigenvalue weighted by molar-refractivity contribution is -0.760. The summed E-state index contributed by atoms with van der Waals surface area (Å²) < 4.78 is 1.41. The summed E-state index contributed by atoms with van der Waals surface area (Å²) in [7, 11) is 0. The number of hydrogen-bond donors (Lipinski definition) is 4. The molecule has 0 unspecified atom stereocenters. The highest BCUT2D eigenvalue weighted by molar-refractivity contribution is 6.30. The highest BCUT2D eigenvalue weighted by atomic mass is 35.5. The molecular weight excluding hydrogens is 539 g/mol. The van der Waals surface area contributed by atoms with Gasteiger partial charge in [-0.1, -0.05) is 68.2 Å². The SMILES string of the molecule is CC(C)(C)C[C@@H]1N[C@@H](C(=O)Nn2cc[n+](C[C@@H](O)CO)n2)[C@H](c2cccc(Cl)c2)[C@@]1(C#N)c1ccc(Cl)cc1. The molecule has 206 valence electrons. The van der Waals surface area contributed by atoms with Crippen LogP contribution in [0.5, 0.6) is 0 Å². The van der Waals surface area contributed by atoms with E-state index in [0.717, 1.165) is 11.1 Å². The third kappa shape index (κ3) is 6.26. The zero-order valence-electron chi connectivity index (χ0n) is 22.1. The fourth-order valence-electron chi connectivity index (χ4n) is 5.39. The van der Waals surface area contributed by atoms with Crippen LogP contribution in [-0.4, -0.2) is 50.9 Å². The summed E-state index contributed by atoms with van der Waals surface area (Å²) >= 11 is 12.6. The molecule has 39 heavy (non-hydrogen) atoms. The Hall–Kier alpha value is -3.00. The first kappa shape index (κ1) is 29.0. The van der Waals surface area contributed by atoms with E-state index in [1.165, 1.54) is 15.7 Å². The van der Waals surface area contributed by atoms with E-state index in [2.05, 4.69) is 42.8 Å². The Bertz CT molecular complexity index is 1350. The molecule has 4 N–H and O–H groups in total. The van der Waals surface area contributed by atoms with Gasteiger partial charge in [0.1, 0.15) is 23.3 Å². The molecule has 1 aliphatic heterocycles. The van der Waals surface area contributed by atoms with Gasteiger partial charge in [-0.25, -0.2) is 0 Å². The van der Waals surface area contributed by atoms with E-state index < -0.39 is 30.1 Å². The smallest absolute Gasteiger partial charge is 0.274 e. The van der Waals surface area contributed by atoms with E-state index in [9.17, 15) is 15.2 Å². The number of carbonyl (C=O) groups is 1. The molecule has 1 saturated heterocycles. The highest BCUT2D eigenvalue weighted by Crippen LogP contribution is 2.51. The van der Waals surface area contributed by atoms with Gasteiger partial charge < -0.3 is 15.5 Å². The predicted molar refractivity (Wildman–Crippen MR) is 148 cm³/mol. The normalized spacial score (nSPS) is 23.8. The van der Waals surface area contributed by atoms with Crippen LogP contribution in [0.3, 0.4) is 0 Å². The number of amides is 1. The van der Waals surface area contributed by atoms with Crippen molar-refractivity contribution in [2.75, 3.05) is 12.0 Å². The van der Waals surface area contributed by atoms with Crippen LogP contribution in [0.25, 0.3) is 0 Å². The number of benzene rings is 2. The molecule has 1 amide bonds. The summed E-state index contributed by atoms with van der Waals surface area (Å²) in [6, 6.07) is 15.9. The molecule has 0 radical (unpaired) electrons. The first-order chi connectivity index (χ1) is 18.5. The molecule has 11 heteroatoms. The Balaban J connectivity index is 1.80. The molecule has 1 aliphatic rings. The molecule has 1 aromatic heterocycles. The second kappa shape index (κ2) is 11.6. The van der Waals surface area contributed by atoms with Crippen LogP contribution >= 0.6 is 23.2 Å². The number of hydrogen-bond acceptors (Lipinski definition) is 6. The van der Waals surface area contributed by atoms with Crippen LogP contribution < -0.4 is 15.4 Å². The Morgan fingerprint density at radius 2 is 1.97 bits per heavy atom. The van der Waals surface area contributed by atoms with Crippen molar-refractivity contribution in [2.45, 2.75) is 63.3 Å². The summed E-state index contributed by atoms with van der Waals surface area (Å²) in [4.78, 5) is 15.1. The maximum Gasteiger partial charge on any atom is 0.274 e. The minimum absolute atomic E-state index is 0.0634. The number of carbonyl (C=O) groups excluding carboxylic acids is 1. The van der Waals surface area contributed by atoms with E-state index >= 15 is 0 Å². The Kier molecular flexibility index (Phi) is 8.64. The van der Waals surface area contributed by atoms with Crippen molar-refractivity contribution in [3.63, 3.8) is 0 Å². The maximum atomic E-state index is 13.9. The molecule has 0 spiro atoms. The minimum Gasteiger partial charge on any atom is -0.394 e. The van der Waals surface area contributed by atoms with Gasteiger partial charge in [-0.05, 0) is 52.0 Å². The van der Waals surface area contributed by atoms with E-state index in [1.54, 1.807) is 30.5 Å². The second-order valence-electron chi connectivity index (χ2n) is 11.1. The number of rotatable bonds is 8. The van der Waals surface area contributed by atoms with E-state index in [0.29, 0.717) is 16.5 Å². The van der Waals surface area contributed by atoms with E-state index in [4.69, 9.17) is 28.3 Å². The summed E-state index contributed by atoms with van der Waals surface area (Å²) in [5.74, 6) is -0.989. The predicted octanol–water partition coefficient (Wildman–Crippen LogP) is 2.92. The fourth-order valence-corrected chi connectivity index (χ4v) is 5.72. The molecule has 4 rings (SSSR count). The lowest BCUT2D eigenvalue weighted by Crippen LogP contribution is -2.47. The van der Waals surface area contributed by atoms with Gasteiger partial charge >= 0.3 is 0 Å². The Labute approximate surface area is 237 Å². The fraction of sp³-hybridized carbons (Fsp3) is 0.429. The number of aromatic nitrogens is 3. The third-order valence-electron chi connectivity index (χ3n) is 6.99. The average molecular weight is 573 g/mol. The van der Waals surface area contributed by atoms with Crippen molar-refractivity contribution in [1.82, 2.24) is 15.3 Å². The third-order valence-corrected chi connectivity index (χ3v) is 7.48. The second-order valence-corrected chi connectivity index (χ2v) is 12.0. The van der Waals surface area contributed by atoms with Crippen molar-refractivity contribution in [1.29, 1.82) is 5.26 Å². The van der Waals surface area contributed by atoms with E-state index in [1.807, 2.05) is 24.3 Å². The van der Waals surface area contributed by atoms with Crippen LogP contribution in [-0.2, 0) is 16.8 Å². The van der Waals surface area contributed by atoms with Crippen molar-refractivity contribution < 1.29 is 19.7 Å². The number of aliphatic hydroxyl groups excluding tert-OH is 2. The van der Waals surface area contributed by atoms with Gasteiger partial charge in [0.2, 0.25) is 0 Å². The van der Waals surface area contributed by atoms with Gasteiger partial charge in [-0.3, -0.25) is 4.79 Å². The van der Waals surface area contributed by atoms with Gasteiger partial charge in [0, 0.05) is 22.0 Å². The Morgan fingerprint density at radius 3 is 2.59 bits per heavy atom. The Morgan fingerprint density at radius 1 is 1.26 bits per heavy atom. The zero-order chi connectivity index (χ0) is 28.4. The average Bonchev–Trinajstić information content (AvgIpc) is 3.45. The van der Waals surface area contributed by atoms with Gasteiger partial charge in [-0.15, -0.1) is 4.68 Å². The quantitative estimate of drug-likeness (QED) is 0.308. The van der Waals surface area contributed by atoms with Crippen molar-refractivity contribution in [3.05, 3.63) is 82.1 Å². The summed E-state index contributed by atoms with van der Waals surface area (Å²) in [6.07, 6.45) is 2.75. The van der Waals surface area contributed by atoms with Crippen molar-refractivity contribution >= 4 is 29.1 Å². The largest absolute Gasteiger partial charge is 0.394 e. The molecular formula is C28H33Cl2N6O3+. The van der Waals surface area contributed by atoms with Crippen LogP contribution in [0.2, 0.25) is 10.0 Å². The number of aliphatic hydroxyl groups is 2. The van der Waals surface area contributed by atoms with Crippen LogP contribution in [0.4, 0.5) is 0 Å². The summed E-state index contributed by atoms with van der Waals surface area (Å²) in [5, 5.41) is 38.6. The first-order valence-electron chi connectivity index (χ1n) is 12.7. The molecule has 0 saturated carbocycles. The number of nitrogens with one attached hydrogen (secondary N) is 2. The van der Waals surface area contributed by atoms with Gasteiger partial charge in [0.15, 0.2) is 12.4 Å². The number of halogens is 2. The van der Waals surface area contributed by atoms with Gasteiger partial charge in [0.05, 0.1) is 18.7 Å². The molecule has 2 heterocycles. The molecule has 5 atom stereocenters. The van der Waals surface area contributed by atoms with E-state index in [-0.39, 0.29) is 23.9 Å². The number of nitrogens with zero attached hydrogens (tertiary/aromatic N) is 4. The number of nitriles is 1. The first-order valence-corrected chi connectivity index (χ1v) is 13.5. The van der Waals surface area contributed by atoms with Crippen molar-refractivity contribution in [3.8, 4) is 6.07 Å². The summed E-state index contributed by atoms with van der Waals surface area (Å²) in [5.41, 5.74) is 3.02. The molecule has 0 aliphatic carbocycles. The van der Waals surface area contributed by atoms with Crippen LogP contribution in [0.15, 0.2) is 60.9 Å². The molecule has 1 fully saturated rings. The van der Waals surface area contributed by atoms with Crippen LogP contribution in [0, 0.1) is 16.7 Å².